The number of anilines is 1. The van der Waals surface area contributed by atoms with Crippen LogP contribution in [0.25, 0.3) is 10.9 Å². The molecule has 106 valence electrons. The van der Waals surface area contributed by atoms with Crippen LogP contribution in [-0.4, -0.2) is 16.0 Å². The van der Waals surface area contributed by atoms with Crippen LogP contribution in [0.3, 0.4) is 0 Å². The zero-order chi connectivity index (χ0) is 14.8. The third-order valence-electron chi connectivity index (χ3n) is 3.08. The van der Waals surface area contributed by atoms with Crippen LogP contribution in [0.4, 0.5) is 5.82 Å². The second-order valence-corrected chi connectivity index (χ2v) is 4.73. The Morgan fingerprint density at radius 1 is 1.33 bits per heavy atom. The number of carbonyl (C=O) groups is 1. The van der Waals surface area contributed by atoms with E-state index in [9.17, 15) is 4.79 Å². The number of hydrogen-bond acceptors (Lipinski definition) is 5. The van der Waals surface area contributed by atoms with E-state index < -0.39 is 0 Å². The summed E-state index contributed by atoms with van der Waals surface area (Å²) in [5.41, 5.74) is 7.72. The van der Waals surface area contributed by atoms with Gasteiger partial charge in [0.05, 0.1) is 23.3 Å². The van der Waals surface area contributed by atoms with Crippen molar-refractivity contribution < 1.29 is 9.32 Å². The number of hydrogen-bond donors (Lipinski definition) is 2. The first-order valence-corrected chi connectivity index (χ1v) is 6.49. The Bertz CT molecular complexity index is 810. The number of pyridine rings is 1. The summed E-state index contributed by atoms with van der Waals surface area (Å²) in [4.78, 5) is 16.5. The lowest BCUT2D eigenvalue weighted by molar-refractivity contribution is 0.0948. The van der Waals surface area contributed by atoms with Gasteiger partial charge < -0.3 is 15.6 Å². The highest BCUT2D eigenvalue weighted by Crippen LogP contribution is 2.19. The number of rotatable bonds is 3. The summed E-state index contributed by atoms with van der Waals surface area (Å²) in [6.45, 7) is 2.10. The summed E-state index contributed by atoms with van der Waals surface area (Å²) in [6, 6.07) is 10.7. The summed E-state index contributed by atoms with van der Waals surface area (Å²) in [7, 11) is 0. The van der Waals surface area contributed by atoms with Gasteiger partial charge in [0, 0.05) is 11.5 Å². The number of para-hydroxylation sites is 1. The molecule has 3 aromatic rings. The Balaban J connectivity index is 1.87. The van der Waals surface area contributed by atoms with E-state index in [0.717, 1.165) is 11.1 Å². The van der Waals surface area contributed by atoms with Crippen LogP contribution in [0.2, 0.25) is 0 Å². The summed E-state index contributed by atoms with van der Waals surface area (Å²) >= 11 is 0. The van der Waals surface area contributed by atoms with Crippen LogP contribution in [-0.2, 0) is 6.54 Å². The maximum atomic E-state index is 12.3. The SMILES string of the molecule is Cc1cc(CNC(=O)c2cc(N)nc3ccccc23)on1. The molecule has 2 heterocycles. The Hall–Kier alpha value is -2.89. The zero-order valence-corrected chi connectivity index (χ0v) is 11.5. The van der Waals surface area contributed by atoms with Gasteiger partial charge in [0.1, 0.15) is 5.82 Å². The standard InChI is InChI=1S/C15H14N4O2/c1-9-6-10(21-19-9)8-17-15(20)12-7-14(16)18-13-5-3-2-4-11(12)13/h2-7H,8H2,1H3,(H2,16,18)(H,17,20). The molecule has 0 atom stereocenters. The number of aromatic nitrogens is 2. The Morgan fingerprint density at radius 3 is 2.90 bits per heavy atom. The molecule has 0 aliphatic rings. The molecular formula is C15H14N4O2. The van der Waals surface area contributed by atoms with Crippen LogP contribution in [0.5, 0.6) is 0 Å². The lowest BCUT2D eigenvalue weighted by Gasteiger charge is -2.07. The minimum absolute atomic E-state index is 0.227. The van der Waals surface area contributed by atoms with Gasteiger partial charge in [0.15, 0.2) is 5.76 Å². The van der Waals surface area contributed by atoms with Crippen LogP contribution >= 0.6 is 0 Å². The average molecular weight is 282 g/mol. The molecular weight excluding hydrogens is 268 g/mol. The average Bonchev–Trinajstić information content (AvgIpc) is 2.89. The quantitative estimate of drug-likeness (QED) is 0.766. The first-order chi connectivity index (χ1) is 10.1. The van der Waals surface area contributed by atoms with E-state index in [0.29, 0.717) is 22.7 Å². The van der Waals surface area contributed by atoms with Crippen molar-refractivity contribution in [3.05, 3.63) is 53.4 Å². The smallest absolute Gasteiger partial charge is 0.252 e. The van der Waals surface area contributed by atoms with Gasteiger partial charge in [-0.25, -0.2) is 4.98 Å². The number of fused-ring (bicyclic) bond motifs is 1. The number of aryl methyl sites for hydroxylation is 1. The molecule has 0 aliphatic heterocycles. The van der Waals surface area contributed by atoms with Gasteiger partial charge in [-0.2, -0.15) is 0 Å². The van der Waals surface area contributed by atoms with Crippen LogP contribution in [0.15, 0.2) is 40.9 Å². The van der Waals surface area contributed by atoms with Crippen molar-refractivity contribution in [1.82, 2.24) is 15.5 Å². The largest absolute Gasteiger partial charge is 0.384 e. The van der Waals surface area contributed by atoms with E-state index in [4.69, 9.17) is 10.3 Å². The molecule has 3 N–H and O–H groups in total. The number of carbonyl (C=O) groups excluding carboxylic acids is 1. The van der Waals surface area contributed by atoms with Crippen molar-refractivity contribution >= 4 is 22.6 Å². The molecule has 1 amide bonds. The van der Waals surface area contributed by atoms with Crippen molar-refractivity contribution in [2.24, 2.45) is 0 Å². The molecule has 6 heteroatoms. The minimum atomic E-state index is -0.227. The number of nitrogens with two attached hydrogens (primary N) is 1. The van der Waals surface area contributed by atoms with E-state index >= 15 is 0 Å². The fourth-order valence-corrected chi connectivity index (χ4v) is 2.15. The molecule has 0 bridgehead atoms. The normalized spacial score (nSPS) is 10.7. The molecule has 0 unspecified atom stereocenters. The summed E-state index contributed by atoms with van der Waals surface area (Å²) < 4.78 is 5.06. The van der Waals surface area contributed by atoms with Crippen molar-refractivity contribution in [2.75, 3.05) is 5.73 Å². The molecule has 0 fully saturated rings. The molecule has 0 saturated heterocycles. The monoisotopic (exact) mass is 282 g/mol. The Labute approximate surface area is 121 Å². The predicted octanol–water partition coefficient (Wildman–Crippen LogP) is 2.04. The van der Waals surface area contributed by atoms with E-state index in [2.05, 4.69) is 15.5 Å². The second kappa shape index (κ2) is 5.24. The Morgan fingerprint density at radius 2 is 2.14 bits per heavy atom. The number of nitrogen functional groups attached to an aromatic ring is 1. The third-order valence-corrected chi connectivity index (χ3v) is 3.08. The first kappa shape index (κ1) is 13.1. The van der Waals surface area contributed by atoms with Crippen molar-refractivity contribution in [2.45, 2.75) is 13.5 Å². The van der Waals surface area contributed by atoms with Gasteiger partial charge in [0.2, 0.25) is 0 Å². The molecule has 21 heavy (non-hydrogen) atoms. The second-order valence-electron chi connectivity index (χ2n) is 4.73. The Kier molecular flexibility index (Phi) is 3.27. The van der Waals surface area contributed by atoms with Crippen molar-refractivity contribution in [3.63, 3.8) is 0 Å². The number of benzene rings is 1. The fourth-order valence-electron chi connectivity index (χ4n) is 2.15. The fraction of sp³-hybridized carbons (Fsp3) is 0.133. The number of nitrogens with zero attached hydrogens (tertiary/aromatic N) is 2. The van der Waals surface area contributed by atoms with Gasteiger partial charge >= 0.3 is 0 Å². The topological polar surface area (TPSA) is 94.0 Å². The molecule has 0 radical (unpaired) electrons. The van der Waals surface area contributed by atoms with Crippen LogP contribution in [0.1, 0.15) is 21.8 Å². The molecule has 6 nitrogen and oxygen atoms in total. The molecule has 0 aliphatic carbocycles. The van der Waals surface area contributed by atoms with Crippen LogP contribution in [0, 0.1) is 6.92 Å². The number of amides is 1. The maximum absolute atomic E-state index is 12.3. The molecule has 3 rings (SSSR count). The molecule has 0 saturated carbocycles. The molecule has 2 aromatic heterocycles. The lowest BCUT2D eigenvalue weighted by Crippen LogP contribution is -2.23. The van der Waals surface area contributed by atoms with Crippen molar-refractivity contribution in [3.8, 4) is 0 Å². The lowest BCUT2D eigenvalue weighted by atomic mass is 10.1. The first-order valence-electron chi connectivity index (χ1n) is 6.49. The zero-order valence-electron chi connectivity index (χ0n) is 11.5. The van der Waals surface area contributed by atoms with Gasteiger partial charge in [-0.15, -0.1) is 0 Å². The van der Waals surface area contributed by atoms with Gasteiger partial charge in [-0.05, 0) is 19.1 Å². The van der Waals surface area contributed by atoms with Gasteiger partial charge in [-0.3, -0.25) is 4.79 Å². The van der Waals surface area contributed by atoms with E-state index in [1.165, 1.54) is 0 Å². The van der Waals surface area contributed by atoms with E-state index in [1.807, 2.05) is 31.2 Å². The molecule has 0 spiro atoms. The van der Waals surface area contributed by atoms with Gasteiger partial charge in [0.25, 0.3) is 5.91 Å². The maximum Gasteiger partial charge on any atom is 0.252 e. The highest BCUT2D eigenvalue weighted by molar-refractivity contribution is 6.06. The third kappa shape index (κ3) is 2.69. The highest BCUT2D eigenvalue weighted by Gasteiger charge is 2.12. The predicted molar refractivity (Wildman–Crippen MR) is 78.6 cm³/mol. The van der Waals surface area contributed by atoms with E-state index in [-0.39, 0.29) is 12.5 Å². The summed E-state index contributed by atoms with van der Waals surface area (Å²) in [5.74, 6) is 0.691. The van der Waals surface area contributed by atoms with E-state index in [1.54, 1.807) is 12.1 Å². The van der Waals surface area contributed by atoms with Crippen molar-refractivity contribution in [1.29, 1.82) is 0 Å². The summed E-state index contributed by atoms with van der Waals surface area (Å²) in [5, 5.41) is 7.33. The van der Waals surface area contributed by atoms with Crippen LogP contribution < -0.4 is 11.1 Å². The van der Waals surface area contributed by atoms with Gasteiger partial charge in [-0.1, -0.05) is 23.4 Å². The minimum Gasteiger partial charge on any atom is -0.384 e. The number of nitrogens with one attached hydrogen (secondary N) is 1. The summed E-state index contributed by atoms with van der Waals surface area (Å²) in [6.07, 6.45) is 0. The highest BCUT2D eigenvalue weighted by atomic mass is 16.5. The molecule has 1 aromatic carbocycles.